The molecule has 1 aromatic heterocycles. The molecule has 19 heavy (non-hydrogen) atoms. The minimum Gasteiger partial charge on any atom is -0.271 e. The van der Waals surface area contributed by atoms with Crippen LogP contribution in [-0.2, 0) is 6.42 Å². The Kier molecular flexibility index (Phi) is 4.19. The van der Waals surface area contributed by atoms with Crippen LogP contribution in [0.2, 0.25) is 0 Å². The van der Waals surface area contributed by atoms with E-state index in [9.17, 15) is 8.78 Å². The lowest BCUT2D eigenvalue weighted by molar-refractivity contribution is 0.502. The summed E-state index contributed by atoms with van der Waals surface area (Å²) in [7, 11) is 0. The summed E-state index contributed by atoms with van der Waals surface area (Å²) in [5, 5.41) is 0. The maximum absolute atomic E-state index is 13.2. The van der Waals surface area contributed by atoms with Crippen molar-refractivity contribution < 1.29 is 8.78 Å². The van der Waals surface area contributed by atoms with Gasteiger partial charge in [0, 0.05) is 11.9 Å². The molecule has 0 saturated carbocycles. The zero-order valence-electron chi connectivity index (χ0n) is 10.5. The summed E-state index contributed by atoms with van der Waals surface area (Å²) in [6.45, 7) is 1.88. The highest BCUT2D eigenvalue weighted by atomic mass is 19.2. The number of aryl methyl sites for hydroxylation is 1. The molecule has 0 spiro atoms. The van der Waals surface area contributed by atoms with Crippen LogP contribution < -0.4 is 11.3 Å². The van der Waals surface area contributed by atoms with Crippen LogP contribution in [0, 0.1) is 18.6 Å². The van der Waals surface area contributed by atoms with Crippen molar-refractivity contribution in [2.24, 2.45) is 5.84 Å². The molecule has 1 heterocycles. The first kappa shape index (κ1) is 13.6. The van der Waals surface area contributed by atoms with E-state index in [1.807, 2.05) is 19.1 Å². The third kappa shape index (κ3) is 3.13. The summed E-state index contributed by atoms with van der Waals surface area (Å²) in [4.78, 5) is 4.19. The molecule has 1 unspecified atom stereocenters. The summed E-state index contributed by atoms with van der Waals surface area (Å²) in [5.41, 5.74) is 5.15. The van der Waals surface area contributed by atoms with Gasteiger partial charge in [-0.3, -0.25) is 16.3 Å². The third-order valence-electron chi connectivity index (χ3n) is 3.05. The van der Waals surface area contributed by atoms with E-state index in [0.717, 1.165) is 17.3 Å². The van der Waals surface area contributed by atoms with Gasteiger partial charge in [0.1, 0.15) is 0 Å². The van der Waals surface area contributed by atoms with Gasteiger partial charge >= 0.3 is 0 Å². The average Bonchev–Trinajstić information content (AvgIpc) is 2.41. The molecule has 0 fully saturated rings. The summed E-state index contributed by atoms with van der Waals surface area (Å²) in [6, 6.07) is 7.39. The number of aromatic nitrogens is 1. The third-order valence-corrected chi connectivity index (χ3v) is 3.05. The van der Waals surface area contributed by atoms with Gasteiger partial charge in [-0.2, -0.15) is 0 Å². The molecule has 2 rings (SSSR count). The topological polar surface area (TPSA) is 50.9 Å². The standard InChI is InChI=1S/C14H15F2N3/c1-9-11(3-2-6-18-9)14(19-17)8-10-4-5-12(15)13(16)7-10/h2-7,14,19H,8,17H2,1H3. The fourth-order valence-corrected chi connectivity index (χ4v) is 2.03. The molecular formula is C14H15F2N3. The lowest BCUT2D eigenvalue weighted by Crippen LogP contribution is -2.30. The number of nitrogens with two attached hydrogens (primary N) is 1. The highest BCUT2D eigenvalue weighted by Gasteiger charge is 2.14. The van der Waals surface area contributed by atoms with Crippen molar-refractivity contribution >= 4 is 0 Å². The van der Waals surface area contributed by atoms with E-state index in [-0.39, 0.29) is 6.04 Å². The molecule has 0 bridgehead atoms. The highest BCUT2D eigenvalue weighted by Crippen LogP contribution is 2.20. The van der Waals surface area contributed by atoms with Crippen LogP contribution in [0.25, 0.3) is 0 Å². The average molecular weight is 263 g/mol. The van der Waals surface area contributed by atoms with Crippen LogP contribution in [-0.4, -0.2) is 4.98 Å². The van der Waals surface area contributed by atoms with Crippen molar-refractivity contribution in [2.75, 3.05) is 0 Å². The van der Waals surface area contributed by atoms with Crippen LogP contribution in [0.1, 0.15) is 22.9 Å². The number of nitrogens with one attached hydrogen (secondary N) is 1. The normalized spacial score (nSPS) is 12.4. The van der Waals surface area contributed by atoms with E-state index < -0.39 is 11.6 Å². The van der Waals surface area contributed by atoms with Crippen LogP contribution in [0.3, 0.4) is 0 Å². The van der Waals surface area contributed by atoms with Gasteiger partial charge < -0.3 is 0 Å². The van der Waals surface area contributed by atoms with Crippen molar-refractivity contribution in [1.29, 1.82) is 0 Å². The van der Waals surface area contributed by atoms with Gasteiger partial charge in [-0.25, -0.2) is 8.78 Å². The summed E-state index contributed by atoms with van der Waals surface area (Å²) in [5.74, 6) is 3.84. The molecule has 0 radical (unpaired) electrons. The summed E-state index contributed by atoms with van der Waals surface area (Å²) < 4.78 is 26.1. The molecule has 0 aliphatic heterocycles. The van der Waals surface area contributed by atoms with Gasteiger partial charge in [0.25, 0.3) is 0 Å². The molecule has 1 aromatic carbocycles. The fourth-order valence-electron chi connectivity index (χ4n) is 2.03. The van der Waals surface area contributed by atoms with Crippen LogP contribution >= 0.6 is 0 Å². The molecule has 3 N–H and O–H groups in total. The van der Waals surface area contributed by atoms with Crippen molar-refractivity contribution in [3.63, 3.8) is 0 Å². The Morgan fingerprint density at radius 1 is 1.26 bits per heavy atom. The number of pyridine rings is 1. The number of benzene rings is 1. The lowest BCUT2D eigenvalue weighted by Gasteiger charge is -2.18. The predicted octanol–water partition coefficient (Wildman–Crippen LogP) is 2.42. The van der Waals surface area contributed by atoms with E-state index in [4.69, 9.17) is 5.84 Å². The lowest BCUT2D eigenvalue weighted by atomic mass is 9.98. The van der Waals surface area contributed by atoms with Crippen molar-refractivity contribution in [2.45, 2.75) is 19.4 Å². The Bertz CT molecular complexity index is 572. The monoisotopic (exact) mass is 263 g/mol. The molecule has 0 saturated heterocycles. The van der Waals surface area contributed by atoms with Crippen molar-refractivity contribution in [3.05, 3.63) is 65.0 Å². The Balaban J connectivity index is 2.24. The van der Waals surface area contributed by atoms with Crippen LogP contribution in [0.4, 0.5) is 8.78 Å². The summed E-state index contributed by atoms with van der Waals surface area (Å²) >= 11 is 0. The zero-order valence-corrected chi connectivity index (χ0v) is 10.5. The van der Waals surface area contributed by atoms with Crippen molar-refractivity contribution in [3.8, 4) is 0 Å². The number of hydrogen-bond acceptors (Lipinski definition) is 3. The molecule has 3 nitrogen and oxygen atoms in total. The minimum absolute atomic E-state index is 0.196. The molecular weight excluding hydrogens is 248 g/mol. The second kappa shape index (κ2) is 5.86. The van der Waals surface area contributed by atoms with E-state index in [2.05, 4.69) is 10.4 Å². The SMILES string of the molecule is Cc1ncccc1C(Cc1ccc(F)c(F)c1)NN. The number of halogens is 2. The van der Waals surface area contributed by atoms with Gasteiger partial charge in [-0.15, -0.1) is 0 Å². The first-order valence-electron chi connectivity index (χ1n) is 5.93. The molecule has 1 atom stereocenters. The number of rotatable bonds is 4. The van der Waals surface area contributed by atoms with Gasteiger partial charge in [0.05, 0.1) is 6.04 Å². The Labute approximate surface area is 110 Å². The van der Waals surface area contributed by atoms with E-state index >= 15 is 0 Å². The molecule has 0 amide bonds. The van der Waals surface area contributed by atoms with Crippen LogP contribution in [0.15, 0.2) is 36.5 Å². The highest BCUT2D eigenvalue weighted by molar-refractivity contribution is 5.26. The number of hydrogen-bond donors (Lipinski definition) is 2. The second-order valence-electron chi connectivity index (χ2n) is 4.35. The van der Waals surface area contributed by atoms with Gasteiger partial charge in [0.15, 0.2) is 11.6 Å². The quantitative estimate of drug-likeness (QED) is 0.658. The van der Waals surface area contributed by atoms with E-state index in [1.165, 1.54) is 6.07 Å². The number of hydrazine groups is 1. The maximum Gasteiger partial charge on any atom is 0.159 e. The Morgan fingerprint density at radius 3 is 2.68 bits per heavy atom. The first-order chi connectivity index (χ1) is 9.11. The van der Waals surface area contributed by atoms with E-state index in [0.29, 0.717) is 12.0 Å². The minimum atomic E-state index is -0.851. The molecule has 0 aliphatic rings. The van der Waals surface area contributed by atoms with Gasteiger partial charge in [0.2, 0.25) is 0 Å². The fraction of sp³-hybridized carbons (Fsp3) is 0.214. The predicted molar refractivity (Wildman–Crippen MR) is 69.1 cm³/mol. The Hall–Kier alpha value is -1.85. The van der Waals surface area contributed by atoms with Gasteiger partial charge in [-0.1, -0.05) is 12.1 Å². The van der Waals surface area contributed by atoms with Crippen molar-refractivity contribution in [1.82, 2.24) is 10.4 Å². The zero-order chi connectivity index (χ0) is 13.8. The molecule has 2 aromatic rings. The Morgan fingerprint density at radius 2 is 2.05 bits per heavy atom. The largest absolute Gasteiger partial charge is 0.271 e. The van der Waals surface area contributed by atoms with Gasteiger partial charge in [-0.05, 0) is 42.7 Å². The second-order valence-corrected chi connectivity index (χ2v) is 4.35. The van der Waals surface area contributed by atoms with E-state index in [1.54, 1.807) is 12.3 Å². The molecule has 100 valence electrons. The summed E-state index contributed by atoms with van der Waals surface area (Å²) in [6.07, 6.45) is 2.16. The number of nitrogens with zero attached hydrogens (tertiary/aromatic N) is 1. The molecule has 5 heteroatoms. The molecule has 0 aliphatic carbocycles. The maximum atomic E-state index is 13.2. The smallest absolute Gasteiger partial charge is 0.159 e. The van der Waals surface area contributed by atoms with Crippen LogP contribution in [0.5, 0.6) is 0 Å². The first-order valence-corrected chi connectivity index (χ1v) is 5.93.